The maximum absolute atomic E-state index is 12.2. The lowest BCUT2D eigenvalue weighted by atomic mass is 9.92. The SMILES string of the molecule is CCC(CC)(CNC(=NC)NCC(C)(C)C(=O)NC)NC(=O)OC(C)(C)C. The molecule has 0 saturated carbocycles. The van der Waals surface area contributed by atoms with Crippen LogP contribution in [0.1, 0.15) is 61.3 Å². The van der Waals surface area contributed by atoms with Gasteiger partial charge < -0.3 is 26.0 Å². The second kappa shape index (κ2) is 10.4. The van der Waals surface area contributed by atoms with Gasteiger partial charge in [-0.25, -0.2) is 4.79 Å². The van der Waals surface area contributed by atoms with Crippen LogP contribution in [0.3, 0.4) is 0 Å². The summed E-state index contributed by atoms with van der Waals surface area (Å²) in [5.74, 6) is 0.526. The molecule has 27 heavy (non-hydrogen) atoms. The maximum Gasteiger partial charge on any atom is 0.408 e. The van der Waals surface area contributed by atoms with E-state index in [0.29, 0.717) is 19.0 Å². The second-order valence-corrected chi connectivity index (χ2v) is 8.36. The highest BCUT2D eigenvalue weighted by Gasteiger charge is 2.31. The number of carbonyl (C=O) groups is 2. The number of rotatable bonds is 8. The molecule has 0 aromatic heterocycles. The Bertz CT molecular complexity index is 520. The van der Waals surface area contributed by atoms with Gasteiger partial charge >= 0.3 is 6.09 Å². The molecule has 0 radical (unpaired) electrons. The lowest BCUT2D eigenvalue weighted by Gasteiger charge is -2.34. The Balaban J connectivity index is 4.91. The highest BCUT2D eigenvalue weighted by molar-refractivity contribution is 5.84. The van der Waals surface area contributed by atoms with Crippen molar-refractivity contribution in [3.63, 3.8) is 0 Å². The van der Waals surface area contributed by atoms with Crippen LogP contribution in [0, 0.1) is 5.41 Å². The van der Waals surface area contributed by atoms with Crippen molar-refractivity contribution in [3.05, 3.63) is 0 Å². The molecule has 0 spiro atoms. The van der Waals surface area contributed by atoms with E-state index in [0.717, 1.165) is 12.8 Å². The lowest BCUT2D eigenvalue weighted by Crippen LogP contribution is -2.57. The summed E-state index contributed by atoms with van der Waals surface area (Å²) in [7, 11) is 3.29. The molecular formula is C19H39N5O3. The van der Waals surface area contributed by atoms with Crippen LogP contribution >= 0.6 is 0 Å². The average Bonchev–Trinajstić information content (AvgIpc) is 2.58. The third kappa shape index (κ3) is 8.97. The van der Waals surface area contributed by atoms with E-state index >= 15 is 0 Å². The van der Waals surface area contributed by atoms with Crippen LogP contribution in [0.15, 0.2) is 4.99 Å². The topological polar surface area (TPSA) is 104 Å². The molecule has 0 rings (SSSR count). The van der Waals surface area contributed by atoms with Gasteiger partial charge in [0.25, 0.3) is 0 Å². The van der Waals surface area contributed by atoms with Crippen molar-refractivity contribution in [3.8, 4) is 0 Å². The van der Waals surface area contributed by atoms with Crippen LogP contribution < -0.4 is 21.3 Å². The Morgan fingerprint density at radius 3 is 1.89 bits per heavy atom. The fourth-order valence-corrected chi connectivity index (χ4v) is 2.44. The minimum absolute atomic E-state index is 0.0477. The Labute approximate surface area is 164 Å². The average molecular weight is 386 g/mol. The summed E-state index contributed by atoms with van der Waals surface area (Å²) >= 11 is 0. The van der Waals surface area contributed by atoms with E-state index in [4.69, 9.17) is 4.74 Å². The van der Waals surface area contributed by atoms with E-state index in [9.17, 15) is 9.59 Å². The van der Waals surface area contributed by atoms with Crippen LogP contribution in [0.2, 0.25) is 0 Å². The Morgan fingerprint density at radius 2 is 1.48 bits per heavy atom. The first-order valence-electron chi connectivity index (χ1n) is 9.52. The van der Waals surface area contributed by atoms with E-state index in [-0.39, 0.29) is 5.91 Å². The summed E-state index contributed by atoms with van der Waals surface area (Å²) in [6.45, 7) is 14.2. The molecule has 0 fully saturated rings. The molecule has 0 aliphatic carbocycles. The van der Waals surface area contributed by atoms with Crippen LogP contribution in [0.5, 0.6) is 0 Å². The quantitative estimate of drug-likeness (QED) is 0.378. The lowest BCUT2D eigenvalue weighted by molar-refractivity contribution is -0.128. The van der Waals surface area contributed by atoms with Gasteiger partial charge in [-0.2, -0.15) is 0 Å². The van der Waals surface area contributed by atoms with Gasteiger partial charge in [0.15, 0.2) is 5.96 Å². The highest BCUT2D eigenvalue weighted by Crippen LogP contribution is 2.16. The molecule has 0 bridgehead atoms. The largest absolute Gasteiger partial charge is 0.444 e. The summed E-state index contributed by atoms with van der Waals surface area (Å²) in [5, 5.41) is 12.1. The van der Waals surface area contributed by atoms with Crippen molar-refractivity contribution in [2.24, 2.45) is 10.4 Å². The van der Waals surface area contributed by atoms with E-state index in [2.05, 4.69) is 26.3 Å². The maximum atomic E-state index is 12.2. The van der Waals surface area contributed by atoms with Crippen LogP contribution in [-0.4, -0.2) is 56.3 Å². The first kappa shape index (κ1) is 25.0. The molecule has 0 unspecified atom stereocenters. The molecule has 0 atom stereocenters. The van der Waals surface area contributed by atoms with E-state index in [1.54, 1.807) is 14.1 Å². The van der Waals surface area contributed by atoms with Gasteiger partial charge in [0.05, 0.1) is 11.0 Å². The van der Waals surface area contributed by atoms with Crippen molar-refractivity contribution >= 4 is 18.0 Å². The van der Waals surface area contributed by atoms with E-state index < -0.39 is 22.6 Å². The standard InChI is InChI=1S/C19H39N5O3/c1-10-19(11-2,24-16(26)27-17(3,4)5)13-23-15(21-9)22-12-18(6,7)14(25)20-8/h10-13H2,1-9H3,(H,20,25)(H,24,26)(H2,21,22,23). The van der Waals surface area contributed by atoms with Gasteiger partial charge in [0.1, 0.15) is 5.60 Å². The van der Waals surface area contributed by atoms with E-state index in [1.807, 2.05) is 48.5 Å². The number of hydrogen-bond acceptors (Lipinski definition) is 4. The second-order valence-electron chi connectivity index (χ2n) is 8.36. The minimum Gasteiger partial charge on any atom is -0.444 e. The predicted molar refractivity (Wildman–Crippen MR) is 110 cm³/mol. The Hall–Kier alpha value is -1.99. The highest BCUT2D eigenvalue weighted by atomic mass is 16.6. The molecule has 8 nitrogen and oxygen atoms in total. The normalized spacial score (nSPS) is 13.0. The summed E-state index contributed by atoms with van der Waals surface area (Å²) in [6, 6.07) is 0. The number of aliphatic imine (C=N–C) groups is 1. The molecule has 0 aromatic rings. The van der Waals surface area contributed by atoms with Crippen LogP contribution in [-0.2, 0) is 9.53 Å². The molecule has 0 aliphatic rings. The Kier molecular flexibility index (Phi) is 9.61. The third-order valence-corrected chi connectivity index (χ3v) is 4.48. The number of guanidine groups is 1. The van der Waals surface area contributed by atoms with Crippen LogP contribution in [0.25, 0.3) is 0 Å². The number of ether oxygens (including phenoxy) is 1. The molecule has 0 aliphatic heterocycles. The zero-order valence-corrected chi connectivity index (χ0v) is 18.5. The number of alkyl carbamates (subject to hydrolysis) is 1. The van der Waals surface area contributed by atoms with Gasteiger partial charge in [-0.05, 0) is 47.5 Å². The zero-order valence-electron chi connectivity index (χ0n) is 18.5. The number of carbonyl (C=O) groups excluding carboxylic acids is 2. The Morgan fingerprint density at radius 1 is 0.963 bits per heavy atom. The summed E-state index contributed by atoms with van der Waals surface area (Å²) in [6.07, 6.45) is 1.03. The monoisotopic (exact) mass is 385 g/mol. The van der Waals surface area contributed by atoms with Crippen molar-refractivity contribution in [2.45, 2.75) is 72.4 Å². The van der Waals surface area contributed by atoms with Crippen molar-refractivity contribution in [1.29, 1.82) is 0 Å². The number of nitrogens with zero attached hydrogens (tertiary/aromatic N) is 1. The number of nitrogens with one attached hydrogen (secondary N) is 4. The minimum atomic E-state index is -0.576. The van der Waals surface area contributed by atoms with Gasteiger partial charge in [0, 0.05) is 27.2 Å². The molecule has 8 heteroatoms. The van der Waals surface area contributed by atoms with Crippen molar-refractivity contribution in [2.75, 3.05) is 27.2 Å². The molecule has 0 saturated heterocycles. The van der Waals surface area contributed by atoms with Crippen molar-refractivity contribution < 1.29 is 14.3 Å². The first-order chi connectivity index (χ1) is 12.3. The molecule has 4 N–H and O–H groups in total. The molecular weight excluding hydrogens is 346 g/mol. The van der Waals surface area contributed by atoms with E-state index in [1.165, 1.54) is 0 Å². The third-order valence-electron chi connectivity index (χ3n) is 4.48. The number of hydrogen-bond donors (Lipinski definition) is 4. The summed E-state index contributed by atoms with van der Waals surface area (Å²) < 4.78 is 5.39. The fourth-order valence-electron chi connectivity index (χ4n) is 2.44. The summed E-state index contributed by atoms with van der Waals surface area (Å²) in [5.41, 5.74) is -1.59. The summed E-state index contributed by atoms with van der Waals surface area (Å²) in [4.78, 5) is 28.3. The molecule has 0 heterocycles. The van der Waals surface area contributed by atoms with Gasteiger partial charge in [-0.15, -0.1) is 0 Å². The molecule has 2 amide bonds. The predicted octanol–water partition coefficient (Wildman–Crippen LogP) is 2.01. The number of amides is 2. The van der Waals surface area contributed by atoms with Gasteiger partial charge in [-0.1, -0.05) is 13.8 Å². The molecule has 0 aromatic carbocycles. The molecule has 158 valence electrons. The van der Waals surface area contributed by atoms with Crippen LogP contribution in [0.4, 0.5) is 4.79 Å². The zero-order chi connectivity index (χ0) is 21.3. The first-order valence-corrected chi connectivity index (χ1v) is 9.52. The fraction of sp³-hybridized carbons (Fsp3) is 0.842. The van der Waals surface area contributed by atoms with Crippen molar-refractivity contribution in [1.82, 2.24) is 21.3 Å². The van der Waals surface area contributed by atoms with Gasteiger partial charge in [0.2, 0.25) is 5.91 Å². The van der Waals surface area contributed by atoms with Gasteiger partial charge in [-0.3, -0.25) is 9.79 Å². The smallest absolute Gasteiger partial charge is 0.408 e.